The van der Waals surface area contributed by atoms with Gasteiger partial charge in [-0.3, -0.25) is 0 Å². The van der Waals surface area contributed by atoms with E-state index in [1.54, 1.807) is 0 Å². The Morgan fingerprint density at radius 3 is 2.54 bits per heavy atom. The summed E-state index contributed by atoms with van der Waals surface area (Å²) in [5.41, 5.74) is 8.74. The molecule has 0 amide bonds. The van der Waals surface area contributed by atoms with Gasteiger partial charge in [-0.15, -0.1) is 10.2 Å². The van der Waals surface area contributed by atoms with Crippen LogP contribution in [0.3, 0.4) is 0 Å². The van der Waals surface area contributed by atoms with Crippen LogP contribution in [0.15, 0.2) is 64.2 Å². The lowest BCUT2D eigenvalue weighted by Gasteiger charge is -2.07. The highest BCUT2D eigenvalue weighted by Crippen LogP contribution is 2.25. The molecule has 8 nitrogen and oxygen atoms in total. The van der Waals surface area contributed by atoms with E-state index < -0.39 is 0 Å². The highest BCUT2D eigenvalue weighted by Gasteiger charge is 2.11. The molecular weight excluding hydrogens is 374 g/mol. The predicted octanol–water partition coefficient (Wildman–Crippen LogP) is 3.85. The number of anilines is 3. The Bertz CT molecular complexity index is 1070. The summed E-state index contributed by atoms with van der Waals surface area (Å²) in [6.45, 7) is 2.03. The molecule has 0 aliphatic carbocycles. The minimum atomic E-state index is 0.149. The second-order valence-corrected chi connectivity index (χ2v) is 6.88. The molecule has 0 unspecified atom stereocenters. The summed E-state index contributed by atoms with van der Waals surface area (Å²) in [5, 5.41) is 11.7. The van der Waals surface area contributed by atoms with Gasteiger partial charge >= 0.3 is 0 Å². The molecule has 0 saturated carbocycles. The Morgan fingerprint density at radius 1 is 0.964 bits per heavy atom. The van der Waals surface area contributed by atoms with E-state index in [0.717, 1.165) is 11.3 Å². The first kappa shape index (κ1) is 17.9. The maximum Gasteiger partial charge on any atom is 0.277 e. The monoisotopic (exact) mass is 391 g/mol. The highest BCUT2D eigenvalue weighted by atomic mass is 32.2. The number of rotatable bonds is 6. The maximum absolute atomic E-state index is 5.82. The fourth-order valence-corrected chi connectivity index (χ4v) is 3.03. The number of nitrogens with two attached hydrogens (primary N) is 1. The summed E-state index contributed by atoms with van der Waals surface area (Å²) in [6, 6.07) is 17.5. The Morgan fingerprint density at radius 2 is 1.75 bits per heavy atom. The quantitative estimate of drug-likeness (QED) is 0.473. The molecule has 0 aliphatic heterocycles. The summed E-state index contributed by atoms with van der Waals surface area (Å²) in [4.78, 5) is 12.7. The lowest BCUT2D eigenvalue weighted by Crippen LogP contribution is -2.06. The third kappa shape index (κ3) is 4.44. The van der Waals surface area contributed by atoms with Crippen molar-refractivity contribution < 1.29 is 4.42 Å². The van der Waals surface area contributed by atoms with Gasteiger partial charge in [-0.25, -0.2) is 0 Å². The van der Waals surface area contributed by atoms with Crippen molar-refractivity contribution in [3.05, 3.63) is 66.0 Å². The summed E-state index contributed by atoms with van der Waals surface area (Å²) in [7, 11) is 0. The van der Waals surface area contributed by atoms with Gasteiger partial charge in [0.2, 0.25) is 17.8 Å². The van der Waals surface area contributed by atoms with Crippen molar-refractivity contribution in [3.8, 4) is 11.5 Å². The molecule has 140 valence electrons. The van der Waals surface area contributed by atoms with Gasteiger partial charge in [0.25, 0.3) is 5.22 Å². The van der Waals surface area contributed by atoms with Crippen LogP contribution in [-0.4, -0.2) is 25.1 Å². The third-order valence-electron chi connectivity index (χ3n) is 3.76. The van der Waals surface area contributed by atoms with Gasteiger partial charge in [0, 0.05) is 11.3 Å². The number of benzene rings is 2. The van der Waals surface area contributed by atoms with Crippen LogP contribution in [0.25, 0.3) is 11.5 Å². The summed E-state index contributed by atoms with van der Waals surface area (Å²) in [6.07, 6.45) is 0. The van der Waals surface area contributed by atoms with Crippen LogP contribution in [0.4, 0.5) is 17.6 Å². The van der Waals surface area contributed by atoms with Crippen molar-refractivity contribution in [2.75, 3.05) is 11.1 Å². The van der Waals surface area contributed by atoms with E-state index in [-0.39, 0.29) is 5.95 Å². The molecule has 28 heavy (non-hydrogen) atoms. The van der Waals surface area contributed by atoms with E-state index in [4.69, 9.17) is 10.2 Å². The average molecular weight is 391 g/mol. The Kier molecular flexibility index (Phi) is 5.16. The number of nitrogens with zero attached hydrogens (tertiary/aromatic N) is 5. The fourth-order valence-electron chi connectivity index (χ4n) is 2.42. The van der Waals surface area contributed by atoms with Crippen LogP contribution in [0.2, 0.25) is 0 Å². The van der Waals surface area contributed by atoms with E-state index in [1.807, 2.05) is 61.5 Å². The molecule has 9 heteroatoms. The standard InChI is InChI=1S/C19H17N7OS/c1-12-7-9-14(10-8-12)21-18-23-15(22-17(20)24-18)11-28-19-26-25-16(27-19)13-5-3-2-4-6-13/h2-10H,11H2,1H3,(H3,20,21,22,23,24). The molecule has 0 spiro atoms. The van der Waals surface area contributed by atoms with Crippen molar-refractivity contribution in [1.29, 1.82) is 0 Å². The van der Waals surface area contributed by atoms with Gasteiger partial charge in [0.15, 0.2) is 0 Å². The lowest BCUT2D eigenvalue weighted by molar-refractivity contribution is 0.465. The molecule has 4 aromatic rings. The number of nitrogens with one attached hydrogen (secondary N) is 1. The van der Waals surface area contributed by atoms with Gasteiger partial charge in [-0.1, -0.05) is 47.7 Å². The minimum Gasteiger partial charge on any atom is -0.411 e. The van der Waals surface area contributed by atoms with Crippen LogP contribution in [0, 0.1) is 6.92 Å². The number of hydrogen-bond donors (Lipinski definition) is 2. The first-order valence-electron chi connectivity index (χ1n) is 8.51. The molecule has 2 aromatic heterocycles. The van der Waals surface area contributed by atoms with Crippen LogP contribution < -0.4 is 11.1 Å². The summed E-state index contributed by atoms with van der Waals surface area (Å²) >= 11 is 1.34. The van der Waals surface area contributed by atoms with E-state index in [9.17, 15) is 0 Å². The molecule has 2 heterocycles. The molecule has 0 radical (unpaired) electrons. The topological polar surface area (TPSA) is 116 Å². The molecule has 0 fully saturated rings. The van der Waals surface area contributed by atoms with Crippen molar-refractivity contribution in [2.24, 2.45) is 0 Å². The van der Waals surface area contributed by atoms with Crippen LogP contribution in [-0.2, 0) is 5.75 Å². The molecule has 0 bridgehead atoms. The number of hydrogen-bond acceptors (Lipinski definition) is 9. The summed E-state index contributed by atoms with van der Waals surface area (Å²) < 4.78 is 5.68. The van der Waals surface area contributed by atoms with Crippen LogP contribution in [0.1, 0.15) is 11.4 Å². The maximum atomic E-state index is 5.82. The number of nitrogen functional groups attached to an aromatic ring is 1. The molecule has 0 atom stereocenters. The smallest absolute Gasteiger partial charge is 0.277 e. The molecular formula is C19H17N7OS. The van der Waals surface area contributed by atoms with E-state index in [1.165, 1.54) is 17.3 Å². The largest absolute Gasteiger partial charge is 0.411 e. The van der Waals surface area contributed by atoms with Gasteiger partial charge in [0.05, 0.1) is 5.75 Å². The second kappa shape index (κ2) is 8.05. The van der Waals surface area contributed by atoms with E-state index in [2.05, 4.69) is 30.5 Å². The Labute approximate surface area is 165 Å². The van der Waals surface area contributed by atoms with Crippen molar-refractivity contribution in [2.45, 2.75) is 17.9 Å². The number of aryl methyl sites for hydroxylation is 1. The Balaban J connectivity index is 1.44. The minimum absolute atomic E-state index is 0.149. The zero-order chi connectivity index (χ0) is 19.3. The van der Waals surface area contributed by atoms with Crippen LogP contribution >= 0.6 is 11.8 Å². The normalized spacial score (nSPS) is 10.8. The van der Waals surface area contributed by atoms with Crippen molar-refractivity contribution in [3.63, 3.8) is 0 Å². The van der Waals surface area contributed by atoms with Crippen molar-refractivity contribution in [1.82, 2.24) is 25.1 Å². The van der Waals surface area contributed by atoms with Crippen LogP contribution in [0.5, 0.6) is 0 Å². The van der Waals surface area contributed by atoms with E-state index in [0.29, 0.717) is 28.6 Å². The first-order valence-corrected chi connectivity index (χ1v) is 9.50. The predicted molar refractivity (Wildman–Crippen MR) is 108 cm³/mol. The SMILES string of the molecule is Cc1ccc(Nc2nc(N)nc(CSc3nnc(-c4ccccc4)o3)n2)cc1. The molecule has 3 N–H and O–H groups in total. The highest BCUT2D eigenvalue weighted by molar-refractivity contribution is 7.98. The van der Waals surface area contributed by atoms with Gasteiger partial charge < -0.3 is 15.5 Å². The lowest BCUT2D eigenvalue weighted by atomic mass is 10.2. The zero-order valence-electron chi connectivity index (χ0n) is 15.0. The molecule has 0 aliphatic rings. The van der Waals surface area contributed by atoms with Crippen molar-refractivity contribution >= 4 is 29.3 Å². The molecule has 4 rings (SSSR count). The number of aromatic nitrogens is 5. The Hall–Kier alpha value is -3.46. The van der Waals surface area contributed by atoms with Gasteiger partial charge in [0.1, 0.15) is 5.82 Å². The van der Waals surface area contributed by atoms with Gasteiger partial charge in [-0.05, 0) is 31.2 Å². The van der Waals surface area contributed by atoms with Gasteiger partial charge in [-0.2, -0.15) is 15.0 Å². The first-order chi connectivity index (χ1) is 13.7. The second-order valence-electron chi connectivity index (χ2n) is 5.95. The average Bonchev–Trinajstić information content (AvgIpc) is 3.18. The molecule has 2 aromatic carbocycles. The summed E-state index contributed by atoms with van der Waals surface area (Å²) in [5.74, 6) is 1.95. The third-order valence-corrected chi connectivity index (χ3v) is 4.57. The molecule has 0 saturated heterocycles. The zero-order valence-corrected chi connectivity index (χ0v) is 15.8. The van der Waals surface area contributed by atoms with E-state index >= 15 is 0 Å². The fraction of sp³-hybridized carbons (Fsp3) is 0.105. The number of thioether (sulfide) groups is 1.